The number of likely N-dealkylation sites (tertiary alicyclic amines) is 1. The third-order valence-electron chi connectivity index (χ3n) is 3.21. The van der Waals surface area contributed by atoms with Crippen molar-refractivity contribution < 1.29 is 8.78 Å². The molecule has 1 fully saturated rings. The fourth-order valence-corrected chi connectivity index (χ4v) is 2.13. The minimum Gasteiger partial charge on any atom is -0.299 e. The van der Waals surface area contributed by atoms with Crippen LogP contribution in [0.4, 0.5) is 8.78 Å². The Labute approximate surface area is 99.5 Å². The van der Waals surface area contributed by atoms with E-state index in [9.17, 15) is 8.78 Å². The molecule has 0 unspecified atom stereocenters. The second-order valence-corrected chi connectivity index (χ2v) is 4.38. The van der Waals surface area contributed by atoms with Crippen LogP contribution in [0.5, 0.6) is 0 Å². The molecule has 0 radical (unpaired) electrons. The first-order valence-corrected chi connectivity index (χ1v) is 5.75. The van der Waals surface area contributed by atoms with Crippen molar-refractivity contribution in [1.29, 1.82) is 5.26 Å². The molecule has 1 aliphatic rings. The number of hydrogen-bond acceptors (Lipinski definition) is 2. The first-order valence-electron chi connectivity index (χ1n) is 5.75. The van der Waals surface area contributed by atoms with E-state index in [0.29, 0.717) is 0 Å². The summed E-state index contributed by atoms with van der Waals surface area (Å²) in [6.07, 6.45) is 1.57. The molecule has 0 bridgehead atoms. The first-order chi connectivity index (χ1) is 8.20. The van der Waals surface area contributed by atoms with E-state index in [1.165, 1.54) is 18.2 Å². The molecule has 0 aromatic heterocycles. The van der Waals surface area contributed by atoms with Crippen molar-refractivity contribution in [3.05, 3.63) is 35.4 Å². The average Bonchev–Trinajstić information content (AvgIpc) is 2.35. The zero-order valence-electron chi connectivity index (χ0n) is 9.50. The molecule has 17 heavy (non-hydrogen) atoms. The summed E-state index contributed by atoms with van der Waals surface area (Å²) in [6.45, 7) is 1.74. The molecule has 0 N–H and O–H groups in total. The van der Waals surface area contributed by atoms with Crippen molar-refractivity contribution in [3.8, 4) is 6.07 Å². The Balaban J connectivity index is 2.01. The van der Waals surface area contributed by atoms with Crippen molar-refractivity contribution in [2.24, 2.45) is 5.92 Å². The van der Waals surface area contributed by atoms with E-state index < -0.39 is 11.6 Å². The van der Waals surface area contributed by atoms with Gasteiger partial charge in [0.25, 0.3) is 0 Å². The Bertz CT molecular complexity index is 411. The molecule has 4 heteroatoms. The highest BCUT2D eigenvalue weighted by atomic mass is 19.1. The van der Waals surface area contributed by atoms with Gasteiger partial charge in [-0.25, -0.2) is 8.78 Å². The highest BCUT2D eigenvalue weighted by Crippen LogP contribution is 2.20. The number of hydrogen-bond donors (Lipinski definition) is 0. The molecule has 90 valence electrons. The van der Waals surface area contributed by atoms with Crippen LogP contribution in [0.25, 0.3) is 0 Å². The van der Waals surface area contributed by atoms with Crippen LogP contribution in [-0.4, -0.2) is 18.0 Å². The zero-order valence-corrected chi connectivity index (χ0v) is 9.50. The summed E-state index contributed by atoms with van der Waals surface area (Å²) in [5, 5.41) is 8.77. The molecule has 0 aliphatic carbocycles. The Kier molecular flexibility index (Phi) is 3.70. The van der Waals surface area contributed by atoms with Crippen molar-refractivity contribution in [2.75, 3.05) is 13.1 Å². The maximum atomic E-state index is 13.4. The van der Waals surface area contributed by atoms with E-state index in [-0.39, 0.29) is 18.0 Å². The van der Waals surface area contributed by atoms with Gasteiger partial charge in [0.2, 0.25) is 0 Å². The molecule has 2 nitrogen and oxygen atoms in total. The smallest absolute Gasteiger partial charge is 0.130 e. The van der Waals surface area contributed by atoms with Gasteiger partial charge in [0.15, 0.2) is 0 Å². The van der Waals surface area contributed by atoms with Crippen LogP contribution < -0.4 is 0 Å². The Hall–Kier alpha value is -1.47. The molecule has 0 amide bonds. The second kappa shape index (κ2) is 5.24. The highest BCUT2D eigenvalue weighted by molar-refractivity contribution is 5.19. The van der Waals surface area contributed by atoms with Crippen LogP contribution in [-0.2, 0) is 6.54 Å². The van der Waals surface area contributed by atoms with E-state index in [4.69, 9.17) is 5.26 Å². The van der Waals surface area contributed by atoms with Crippen LogP contribution in [0.15, 0.2) is 18.2 Å². The molecule has 1 aromatic rings. The summed E-state index contributed by atoms with van der Waals surface area (Å²) in [5.41, 5.74) is 0.128. The van der Waals surface area contributed by atoms with Crippen LogP contribution in [0.3, 0.4) is 0 Å². The van der Waals surface area contributed by atoms with Gasteiger partial charge in [0, 0.05) is 18.0 Å². The topological polar surface area (TPSA) is 27.0 Å². The lowest BCUT2D eigenvalue weighted by atomic mass is 9.98. The standard InChI is InChI=1S/C13H14F2N2/c14-12-2-1-3-13(15)11(12)9-17-6-4-10(8-16)5-7-17/h1-3,10H,4-7,9H2. The minimum absolute atomic E-state index is 0.0942. The summed E-state index contributed by atoms with van der Waals surface area (Å²) >= 11 is 0. The van der Waals surface area contributed by atoms with Crippen molar-refractivity contribution in [1.82, 2.24) is 4.90 Å². The van der Waals surface area contributed by atoms with Gasteiger partial charge >= 0.3 is 0 Å². The van der Waals surface area contributed by atoms with E-state index in [2.05, 4.69) is 6.07 Å². The summed E-state index contributed by atoms with van der Waals surface area (Å²) in [5.74, 6) is -0.892. The molecule has 2 rings (SSSR count). The lowest BCUT2D eigenvalue weighted by Crippen LogP contribution is -2.33. The third kappa shape index (κ3) is 2.80. The number of nitrogens with zero attached hydrogens (tertiary/aromatic N) is 2. The Morgan fingerprint density at radius 3 is 2.35 bits per heavy atom. The van der Waals surface area contributed by atoms with E-state index >= 15 is 0 Å². The molecular weight excluding hydrogens is 222 g/mol. The lowest BCUT2D eigenvalue weighted by Gasteiger charge is -2.29. The van der Waals surface area contributed by atoms with Gasteiger partial charge in [-0.3, -0.25) is 4.90 Å². The van der Waals surface area contributed by atoms with Gasteiger partial charge in [-0.1, -0.05) is 6.07 Å². The summed E-state index contributed by atoms with van der Waals surface area (Å²) in [4.78, 5) is 2.00. The van der Waals surface area contributed by atoms with Crippen molar-refractivity contribution in [3.63, 3.8) is 0 Å². The van der Waals surface area contributed by atoms with Crippen LogP contribution in [0.2, 0.25) is 0 Å². The number of rotatable bonds is 2. The van der Waals surface area contributed by atoms with Crippen molar-refractivity contribution in [2.45, 2.75) is 19.4 Å². The summed E-state index contributed by atoms with van der Waals surface area (Å²) in [6, 6.07) is 6.16. The van der Waals surface area contributed by atoms with Gasteiger partial charge < -0.3 is 0 Å². The fourth-order valence-electron chi connectivity index (χ4n) is 2.13. The number of halogens is 2. The number of benzene rings is 1. The fraction of sp³-hybridized carbons (Fsp3) is 0.462. The van der Waals surface area contributed by atoms with Gasteiger partial charge in [0.05, 0.1) is 6.07 Å². The molecule has 0 atom stereocenters. The second-order valence-electron chi connectivity index (χ2n) is 4.38. The molecule has 0 saturated carbocycles. The maximum Gasteiger partial charge on any atom is 0.130 e. The van der Waals surface area contributed by atoms with E-state index in [1.54, 1.807) is 0 Å². The van der Waals surface area contributed by atoms with Gasteiger partial charge in [-0.05, 0) is 38.1 Å². The number of piperidine rings is 1. The largest absolute Gasteiger partial charge is 0.299 e. The third-order valence-corrected chi connectivity index (χ3v) is 3.21. The average molecular weight is 236 g/mol. The van der Waals surface area contributed by atoms with Gasteiger partial charge in [0.1, 0.15) is 11.6 Å². The predicted molar refractivity (Wildman–Crippen MR) is 60.0 cm³/mol. The van der Waals surface area contributed by atoms with Crippen LogP contribution >= 0.6 is 0 Å². The predicted octanol–water partition coefficient (Wildman–Crippen LogP) is 2.70. The molecular formula is C13H14F2N2. The molecule has 1 saturated heterocycles. The first kappa shape index (κ1) is 12.0. The lowest BCUT2D eigenvalue weighted by molar-refractivity contribution is 0.193. The van der Waals surface area contributed by atoms with E-state index in [0.717, 1.165) is 25.9 Å². The zero-order chi connectivity index (χ0) is 12.3. The Morgan fingerprint density at radius 1 is 1.24 bits per heavy atom. The van der Waals surface area contributed by atoms with Crippen LogP contribution in [0, 0.1) is 28.9 Å². The number of nitriles is 1. The van der Waals surface area contributed by atoms with Gasteiger partial charge in [-0.2, -0.15) is 5.26 Å². The minimum atomic E-state index is -0.493. The maximum absolute atomic E-state index is 13.4. The summed E-state index contributed by atoms with van der Waals surface area (Å²) in [7, 11) is 0. The summed E-state index contributed by atoms with van der Waals surface area (Å²) < 4.78 is 26.9. The SMILES string of the molecule is N#CC1CCN(Cc2c(F)cccc2F)CC1. The normalized spacial score (nSPS) is 17.9. The molecule has 0 spiro atoms. The highest BCUT2D eigenvalue weighted by Gasteiger charge is 2.20. The van der Waals surface area contributed by atoms with Crippen molar-refractivity contribution >= 4 is 0 Å². The van der Waals surface area contributed by atoms with Crippen LogP contribution in [0.1, 0.15) is 18.4 Å². The van der Waals surface area contributed by atoms with E-state index in [1.807, 2.05) is 4.90 Å². The quantitative estimate of drug-likeness (QED) is 0.789. The Morgan fingerprint density at radius 2 is 1.82 bits per heavy atom. The molecule has 1 aromatic carbocycles. The van der Waals surface area contributed by atoms with Gasteiger partial charge in [-0.15, -0.1) is 0 Å². The monoisotopic (exact) mass is 236 g/mol. The molecule has 1 heterocycles. The molecule has 1 aliphatic heterocycles.